The molecule has 0 aliphatic rings. The average molecular weight is 385 g/mol. The molecule has 6 heteroatoms. The van der Waals surface area contributed by atoms with E-state index in [-0.39, 0.29) is 12.5 Å². The summed E-state index contributed by atoms with van der Waals surface area (Å²) in [5, 5.41) is 10.9. The number of hydrogen-bond acceptors (Lipinski definition) is 5. The lowest BCUT2D eigenvalue weighted by molar-refractivity contribution is 0.0947. The molecule has 0 spiro atoms. The van der Waals surface area contributed by atoms with Gasteiger partial charge in [0.25, 0.3) is 5.91 Å². The third-order valence-electron chi connectivity index (χ3n) is 4.44. The van der Waals surface area contributed by atoms with E-state index in [1.807, 2.05) is 72.8 Å². The molecule has 4 aromatic rings. The van der Waals surface area contributed by atoms with Gasteiger partial charge in [0.2, 0.25) is 11.8 Å². The van der Waals surface area contributed by atoms with Crippen LogP contribution in [0.4, 0.5) is 0 Å². The SMILES string of the molecule is COc1ccc(-c2nnc(CNC(=O)c3cccc(-c4ccccc4)c3)o2)cc1. The van der Waals surface area contributed by atoms with Gasteiger partial charge in [0.05, 0.1) is 13.7 Å². The summed E-state index contributed by atoms with van der Waals surface area (Å²) >= 11 is 0. The van der Waals surface area contributed by atoms with Crippen LogP contribution in [0.15, 0.2) is 83.3 Å². The van der Waals surface area contributed by atoms with E-state index in [4.69, 9.17) is 9.15 Å². The fourth-order valence-corrected chi connectivity index (χ4v) is 2.90. The van der Waals surface area contributed by atoms with E-state index < -0.39 is 0 Å². The molecule has 4 rings (SSSR count). The highest BCUT2D eigenvalue weighted by atomic mass is 16.5. The number of ether oxygens (including phenoxy) is 1. The number of benzene rings is 3. The van der Waals surface area contributed by atoms with Gasteiger partial charge in [0.1, 0.15) is 5.75 Å². The molecule has 0 unspecified atom stereocenters. The van der Waals surface area contributed by atoms with Crippen molar-refractivity contribution >= 4 is 5.91 Å². The van der Waals surface area contributed by atoms with E-state index in [2.05, 4.69) is 15.5 Å². The van der Waals surface area contributed by atoms with Crippen molar-refractivity contribution in [3.63, 3.8) is 0 Å². The largest absolute Gasteiger partial charge is 0.497 e. The van der Waals surface area contributed by atoms with Crippen molar-refractivity contribution in [2.24, 2.45) is 0 Å². The molecule has 0 saturated carbocycles. The van der Waals surface area contributed by atoms with Crippen molar-refractivity contribution < 1.29 is 13.9 Å². The van der Waals surface area contributed by atoms with Gasteiger partial charge in [-0.2, -0.15) is 0 Å². The summed E-state index contributed by atoms with van der Waals surface area (Å²) in [4.78, 5) is 12.5. The summed E-state index contributed by atoms with van der Waals surface area (Å²) < 4.78 is 10.8. The fourth-order valence-electron chi connectivity index (χ4n) is 2.90. The summed E-state index contributed by atoms with van der Waals surface area (Å²) in [6, 6.07) is 24.7. The second-order valence-electron chi connectivity index (χ2n) is 6.36. The number of carbonyl (C=O) groups is 1. The van der Waals surface area contributed by atoms with Crippen molar-refractivity contribution in [1.29, 1.82) is 0 Å². The molecule has 0 bridgehead atoms. The van der Waals surface area contributed by atoms with Crippen LogP contribution < -0.4 is 10.1 Å². The Kier molecular flexibility index (Phi) is 5.33. The number of hydrogen-bond donors (Lipinski definition) is 1. The Morgan fingerprint density at radius 2 is 1.66 bits per heavy atom. The molecule has 1 N–H and O–H groups in total. The Morgan fingerprint density at radius 1 is 0.897 bits per heavy atom. The first kappa shape index (κ1) is 18.4. The van der Waals surface area contributed by atoms with Crippen LogP contribution in [-0.2, 0) is 6.54 Å². The zero-order valence-corrected chi connectivity index (χ0v) is 15.8. The summed E-state index contributed by atoms with van der Waals surface area (Å²) in [5.74, 6) is 1.27. The monoisotopic (exact) mass is 385 g/mol. The first-order chi connectivity index (χ1) is 14.2. The first-order valence-electron chi connectivity index (χ1n) is 9.13. The highest BCUT2D eigenvalue weighted by molar-refractivity contribution is 5.95. The van der Waals surface area contributed by atoms with Gasteiger partial charge in [-0.3, -0.25) is 4.79 Å². The van der Waals surface area contributed by atoms with Gasteiger partial charge in [-0.15, -0.1) is 10.2 Å². The van der Waals surface area contributed by atoms with Crippen molar-refractivity contribution in [3.8, 4) is 28.3 Å². The lowest BCUT2D eigenvalue weighted by Gasteiger charge is -2.06. The quantitative estimate of drug-likeness (QED) is 0.534. The Bertz CT molecular complexity index is 1110. The summed E-state index contributed by atoms with van der Waals surface area (Å²) in [5.41, 5.74) is 3.40. The maximum atomic E-state index is 12.5. The van der Waals surface area contributed by atoms with Crippen LogP contribution in [0, 0.1) is 0 Å². The molecule has 3 aromatic carbocycles. The van der Waals surface area contributed by atoms with E-state index in [1.165, 1.54) is 0 Å². The first-order valence-corrected chi connectivity index (χ1v) is 9.13. The van der Waals surface area contributed by atoms with Crippen LogP contribution in [0.3, 0.4) is 0 Å². The van der Waals surface area contributed by atoms with Gasteiger partial charge >= 0.3 is 0 Å². The molecule has 0 atom stereocenters. The van der Waals surface area contributed by atoms with Gasteiger partial charge in [0.15, 0.2) is 0 Å². The molecule has 0 saturated heterocycles. The number of methoxy groups -OCH3 is 1. The van der Waals surface area contributed by atoms with E-state index in [0.29, 0.717) is 17.3 Å². The van der Waals surface area contributed by atoms with Crippen LogP contribution in [-0.4, -0.2) is 23.2 Å². The van der Waals surface area contributed by atoms with Gasteiger partial charge in [-0.25, -0.2) is 0 Å². The van der Waals surface area contributed by atoms with Crippen LogP contribution in [0.25, 0.3) is 22.6 Å². The topological polar surface area (TPSA) is 77.3 Å². The lowest BCUT2D eigenvalue weighted by atomic mass is 10.0. The normalized spacial score (nSPS) is 10.5. The van der Waals surface area contributed by atoms with Gasteiger partial charge in [-0.05, 0) is 47.5 Å². The van der Waals surface area contributed by atoms with E-state index >= 15 is 0 Å². The van der Waals surface area contributed by atoms with Crippen LogP contribution in [0.2, 0.25) is 0 Å². The van der Waals surface area contributed by atoms with Gasteiger partial charge < -0.3 is 14.5 Å². The molecule has 0 radical (unpaired) electrons. The smallest absolute Gasteiger partial charge is 0.251 e. The van der Waals surface area contributed by atoms with E-state index in [9.17, 15) is 4.79 Å². The minimum Gasteiger partial charge on any atom is -0.497 e. The maximum absolute atomic E-state index is 12.5. The number of rotatable bonds is 6. The minimum absolute atomic E-state index is 0.150. The zero-order chi connectivity index (χ0) is 20.1. The lowest BCUT2D eigenvalue weighted by Crippen LogP contribution is -2.22. The average Bonchev–Trinajstić information content (AvgIpc) is 3.27. The second-order valence-corrected chi connectivity index (χ2v) is 6.36. The molecule has 6 nitrogen and oxygen atoms in total. The molecular weight excluding hydrogens is 366 g/mol. The third kappa shape index (κ3) is 4.32. The minimum atomic E-state index is -0.202. The number of carbonyl (C=O) groups excluding carboxylic acids is 1. The van der Waals surface area contributed by atoms with E-state index in [1.54, 1.807) is 13.2 Å². The van der Waals surface area contributed by atoms with Crippen LogP contribution in [0.5, 0.6) is 5.75 Å². The highest BCUT2D eigenvalue weighted by Crippen LogP contribution is 2.22. The highest BCUT2D eigenvalue weighted by Gasteiger charge is 2.12. The third-order valence-corrected chi connectivity index (χ3v) is 4.44. The molecule has 29 heavy (non-hydrogen) atoms. The molecule has 144 valence electrons. The van der Waals surface area contributed by atoms with Gasteiger partial charge in [-0.1, -0.05) is 42.5 Å². The second kappa shape index (κ2) is 8.39. The molecule has 1 aromatic heterocycles. The standard InChI is InChI=1S/C23H19N3O3/c1-28-20-12-10-17(11-13-20)23-26-25-21(29-23)15-24-22(27)19-9-5-8-18(14-19)16-6-3-2-4-7-16/h2-14H,15H2,1H3,(H,24,27). The van der Waals surface area contributed by atoms with Crippen molar-refractivity contribution in [2.75, 3.05) is 7.11 Å². The molecule has 0 aliphatic heterocycles. The number of aromatic nitrogens is 2. The molecular formula is C23H19N3O3. The van der Waals surface area contributed by atoms with Gasteiger partial charge in [0, 0.05) is 11.1 Å². The number of amides is 1. The predicted molar refractivity (Wildman–Crippen MR) is 109 cm³/mol. The number of nitrogens with zero attached hydrogens (tertiary/aromatic N) is 2. The number of nitrogens with one attached hydrogen (secondary N) is 1. The Morgan fingerprint density at radius 3 is 2.41 bits per heavy atom. The summed E-state index contributed by atoms with van der Waals surface area (Å²) in [6.07, 6.45) is 0. The molecule has 1 amide bonds. The zero-order valence-electron chi connectivity index (χ0n) is 15.8. The molecule has 1 heterocycles. The predicted octanol–water partition coefficient (Wildman–Crippen LogP) is 4.34. The van der Waals surface area contributed by atoms with Crippen molar-refractivity contribution in [1.82, 2.24) is 15.5 Å². The van der Waals surface area contributed by atoms with Crippen molar-refractivity contribution in [2.45, 2.75) is 6.54 Å². The van der Waals surface area contributed by atoms with Crippen molar-refractivity contribution in [3.05, 3.63) is 90.3 Å². The molecule has 0 fully saturated rings. The van der Waals surface area contributed by atoms with Crippen LogP contribution in [0.1, 0.15) is 16.2 Å². The summed E-state index contributed by atoms with van der Waals surface area (Å²) in [6.45, 7) is 0.150. The maximum Gasteiger partial charge on any atom is 0.251 e. The molecule has 0 aliphatic carbocycles. The Hall–Kier alpha value is -3.93. The van der Waals surface area contributed by atoms with Crippen LogP contribution >= 0.6 is 0 Å². The Balaban J connectivity index is 1.42. The summed E-state index contributed by atoms with van der Waals surface area (Å²) in [7, 11) is 1.61. The Labute approximate surface area is 168 Å². The fraction of sp³-hybridized carbons (Fsp3) is 0.0870. The van der Waals surface area contributed by atoms with E-state index in [0.717, 1.165) is 22.4 Å².